The van der Waals surface area contributed by atoms with Crippen molar-refractivity contribution in [1.29, 1.82) is 0 Å². The Morgan fingerprint density at radius 1 is 1.06 bits per heavy atom. The lowest BCUT2D eigenvalue weighted by atomic mass is 10.1. The van der Waals surface area contributed by atoms with Crippen LogP contribution >= 0.6 is 0 Å². The second-order valence-corrected chi connectivity index (χ2v) is 9.76. The van der Waals surface area contributed by atoms with Crippen molar-refractivity contribution in [2.75, 3.05) is 41.0 Å². The van der Waals surface area contributed by atoms with Crippen LogP contribution in [-0.2, 0) is 21.3 Å². The minimum absolute atomic E-state index is 0.0319. The van der Waals surface area contributed by atoms with Crippen molar-refractivity contribution in [2.45, 2.75) is 25.3 Å². The zero-order valence-corrected chi connectivity index (χ0v) is 19.7. The summed E-state index contributed by atoms with van der Waals surface area (Å²) in [5.41, 5.74) is 1.16. The fourth-order valence-corrected chi connectivity index (χ4v) is 4.54. The molecule has 2 rings (SSSR count). The van der Waals surface area contributed by atoms with Crippen molar-refractivity contribution in [2.24, 2.45) is 5.92 Å². The van der Waals surface area contributed by atoms with Gasteiger partial charge in [0.05, 0.1) is 13.7 Å². The Bertz CT molecular complexity index is 961. The molecule has 0 fully saturated rings. The van der Waals surface area contributed by atoms with E-state index in [-0.39, 0.29) is 29.0 Å². The van der Waals surface area contributed by atoms with E-state index in [1.807, 2.05) is 44.2 Å². The van der Waals surface area contributed by atoms with Crippen LogP contribution in [-0.4, -0.2) is 64.5 Å². The van der Waals surface area contributed by atoms with E-state index in [0.29, 0.717) is 25.3 Å². The Labute approximate surface area is 185 Å². The third kappa shape index (κ3) is 6.53. The lowest BCUT2D eigenvalue weighted by Gasteiger charge is -2.25. The normalized spacial score (nSPS) is 11.7. The number of nitrogens with zero attached hydrogens (tertiary/aromatic N) is 2. The fraction of sp³-hybridized carbons (Fsp3) is 0.435. The number of carbonyl (C=O) groups is 1. The summed E-state index contributed by atoms with van der Waals surface area (Å²) in [5, 5.41) is 0. The van der Waals surface area contributed by atoms with E-state index in [1.54, 1.807) is 18.1 Å². The van der Waals surface area contributed by atoms with Crippen LogP contribution in [0.4, 0.5) is 0 Å². The van der Waals surface area contributed by atoms with Crippen molar-refractivity contribution in [3.8, 4) is 5.75 Å². The average Bonchev–Trinajstić information content (AvgIpc) is 2.76. The van der Waals surface area contributed by atoms with Crippen molar-refractivity contribution in [3.63, 3.8) is 0 Å². The minimum Gasteiger partial charge on any atom is -0.495 e. The van der Waals surface area contributed by atoms with Crippen LogP contribution in [0.5, 0.6) is 5.75 Å². The van der Waals surface area contributed by atoms with Crippen LogP contribution in [0, 0.1) is 5.92 Å². The number of ether oxygens (including phenoxy) is 2. The Balaban J connectivity index is 2.38. The Morgan fingerprint density at radius 3 is 2.32 bits per heavy atom. The Morgan fingerprint density at radius 2 is 1.74 bits per heavy atom. The predicted octanol–water partition coefficient (Wildman–Crippen LogP) is 3.26. The summed E-state index contributed by atoms with van der Waals surface area (Å²) in [6.07, 6.45) is 0. The highest BCUT2D eigenvalue weighted by molar-refractivity contribution is 7.89. The highest BCUT2D eigenvalue weighted by Crippen LogP contribution is 2.28. The molecule has 0 N–H and O–H groups in total. The minimum atomic E-state index is -3.89. The quantitative estimate of drug-likeness (QED) is 0.527. The highest BCUT2D eigenvalue weighted by Gasteiger charge is 2.27. The molecule has 0 heterocycles. The van der Waals surface area contributed by atoms with Crippen molar-refractivity contribution < 1.29 is 22.7 Å². The summed E-state index contributed by atoms with van der Waals surface area (Å²) in [4.78, 5) is 14.8. The maximum absolute atomic E-state index is 13.3. The monoisotopic (exact) mass is 448 g/mol. The average molecular weight is 449 g/mol. The lowest BCUT2D eigenvalue weighted by molar-refractivity contribution is 0.0672. The molecule has 2 aromatic rings. The maximum atomic E-state index is 13.3. The number of hydrogen-bond donors (Lipinski definition) is 0. The van der Waals surface area contributed by atoms with E-state index in [0.717, 1.165) is 5.56 Å². The van der Waals surface area contributed by atoms with E-state index in [4.69, 9.17) is 9.47 Å². The molecule has 0 aromatic heterocycles. The fourth-order valence-electron chi connectivity index (χ4n) is 3.21. The standard InChI is InChI=1S/C23H32N2O5S/c1-18(2)16-25(13-14-29-4)23(26)20-11-12-21(30-5)22(15-20)31(27,28)24(3)17-19-9-7-6-8-10-19/h6-12,15,18H,13-14,16-17H2,1-5H3. The second kappa shape index (κ2) is 11.3. The summed E-state index contributed by atoms with van der Waals surface area (Å²) in [6.45, 7) is 5.63. The van der Waals surface area contributed by atoms with Gasteiger partial charge in [0.15, 0.2) is 0 Å². The number of amides is 1. The van der Waals surface area contributed by atoms with Gasteiger partial charge in [-0.3, -0.25) is 4.79 Å². The molecule has 0 atom stereocenters. The van der Waals surface area contributed by atoms with Gasteiger partial charge in [0, 0.05) is 39.4 Å². The van der Waals surface area contributed by atoms with Gasteiger partial charge in [-0.05, 0) is 29.7 Å². The number of sulfonamides is 1. The van der Waals surface area contributed by atoms with Crippen molar-refractivity contribution >= 4 is 15.9 Å². The molecule has 2 aromatic carbocycles. The van der Waals surface area contributed by atoms with Crippen LogP contribution in [0.1, 0.15) is 29.8 Å². The molecule has 8 heteroatoms. The van der Waals surface area contributed by atoms with Gasteiger partial charge < -0.3 is 14.4 Å². The summed E-state index contributed by atoms with van der Waals surface area (Å²) in [5.74, 6) is 0.221. The van der Waals surface area contributed by atoms with Crippen molar-refractivity contribution in [3.05, 3.63) is 59.7 Å². The van der Waals surface area contributed by atoms with Gasteiger partial charge in [-0.25, -0.2) is 8.42 Å². The Hall–Kier alpha value is -2.42. The molecule has 0 aliphatic rings. The second-order valence-electron chi connectivity index (χ2n) is 7.75. The first-order valence-electron chi connectivity index (χ1n) is 10.2. The smallest absolute Gasteiger partial charge is 0.253 e. The van der Waals surface area contributed by atoms with Gasteiger partial charge in [-0.15, -0.1) is 0 Å². The third-order valence-corrected chi connectivity index (χ3v) is 6.61. The number of rotatable bonds is 11. The summed E-state index contributed by atoms with van der Waals surface area (Å²) >= 11 is 0. The van der Waals surface area contributed by atoms with Gasteiger partial charge >= 0.3 is 0 Å². The Kier molecular flexibility index (Phi) is 9.03. The van der Waals surface area contributed by atoms with Gasteiger partial charge in [0.1, 0.15) is 10.6 Å². The summed E-state index contributed by atoms with van der Waals surface area (Å²) in [6, 6.07) is 13.8. The topological polar surface area (TPSA) is 76.1 Å². The van der Waals surface area contributed by atoms with Gasteiger partial charge in [-0.1, -0.05) is 44.2 Å². The van der Waals surface area contributed by atoms with E-state index in [9.17, 15) is 13.2 Å². The number of carbonyl (C=O) groups excluding carboxylic acids is 1. The molecule has 31 heavy (non-hydrogen) atoms. The van der Waals surface area contributed by atoms with E-state index in [1.165, 1.54) is 30.6 Å². The van der Waals surface area contributed by atoms with Gasteiger partial charge in [0.25, 0.3) is 5.91 Å². The predicted molar refractivity (Wildman–Crippen MR) is 121 cm³/mol. The first-order valence-corrected chi connectivity index (χ1v) is 11.6. The van der Waals surface area contributed by atoms with Crippen molar-refractivity contribution in [1.82, 2.24) is 9.21 Å². The van der Waals surface area contributed by atoms with Crippen LogP contribution in [0.3, 0.4) is 0 Å². The molecular formula is C23H32N2O5S. The summed E-state index contributed by atoms with van der Waals surface area (Å²) < 4.78 is 38.3. The molecule has 0 bridgehead atoms. The van der Waals surface area contributed by atoms with E-state index < -0.39 is 10.0 Å². The third-order valence-electron chi connectivity index (χ3n) is 4.78. The molecule has 0 spiro atoms. The molecule has 1 amide bonds. The number of benzene rings is 2. The molecule has 170 valence electrons. The SMILES string of the molecule is COCCN(CC(C)C)C(=O)c1ccc(OC)c(S(=O)(=O)N(C)Cc2ccccc2)c1. The van der Waals surface area contributed by atoms with Crippen LogP contribution < -0.4 is 4.74 Å². The molecule has 0 saturated heterocycles. The molecule has 0 aliphatic carbocycles. The molecule has 7 nitrogen and oxygen atoms in total. The highest BCUT2D eigenvalue weighted by atomic mass is 32.2. The van der Waals surface area contributed by atoms with Crippen LogP contribution in [0.2, 0.25) is 0 Å². The largest absolute Gasteiger partial charge is 0.495 e. The molecule has 0 radical (unpaired) electrons. The van der Waals surface area contributed by atoms with E-state index >= 15 is 0 Å². The lowest BCUT2D eigenvalue weighted by Crippen LogP contribution is -2.37. The zero-order chi connectivity index (χ0) is 23.0. The first-order chi connectivity index (χ1) is 14.7. The zero-order valence-electron chi connectivity index (χ0n) is 18.9. The maximum Gasteiger partial charge on any atom is 0.253 e. The van der Waals surface area contributed by atoms with Gasteiger partial charge in [0.2, 0.25) is 10.0 Å². The first kappa shape index (κ1) is 24.8. The molecule has 0 aliphatic heterocycles. The van der Waals surface area contributed by atoms with E-state index in [2.05, 4.69) is 0 Å². The molecular weight excluding hydrogens is 416 g/mol. The number of hydrogen-bond acceptors (Lipinski definition) is 5. The van der Waals surface area contributed by atoms with Crippen LogP contribution in [0.15, 0.2) is 53.4 Å². The molecule has 0 unspecified atom stereocenters. The summed E-state index contributed by atoms with van der Waals surface area (Å²) in [7, 11) is 0.620. The van der Waals surface area contributed by atoms with Gasteiger partial charge in [-0.2, -0.15) is 4.31 Å². The van der Waals surface area contributed by atoms with Crippen LogP contribution in [0.25, 0.3) is 0 Å². The molecule has 0 saturated carbocycles. The number of methoxy groups -OCH3 is 2.